The lowest BCUT2D eigenvalue weighted by Crippen LogP contribution is -2.15. The number of fused-ring (bicyclic) bond motifs is 2. The summed E-state index contributed by atoms with van der Waals surface area (Å²) in [5, 5.41) is 9.53. The number of thiophene rings is 1. The molecule has 0 amide bonds. The zero-order valence-corrected chi connectivity index (χ0v) is 11.8. The topological polar surface area (TPSA) is 71.7 Å². The number of rotatable bonds is 2. The zero-order chi connectivity index (χ0) is 14.4. The maximum atomic E-state index is 12.4. The Balaban J connectivity index is 2.39. The molecule has 5 nitrogen and oxygen atoms in total. The van der Waals surface area contributed by atoms with Crippen molar-refractivity contribution in [3.8, 4) is 0 Å². The van der Waals surface area contributed by atoms with E-state index >= 15 is 0 Å². The molecule has 0 fully saturated rings. The molecule has 3 aromatic heterocycles. The molecule has 0 atom stereocenters. The first-order valence-electron chi connectivity index (χ1n) is 6.16. The maximum absolute atomic E-state index is 12.4. The Morgan fingerprint density at radius 1 is 1.40 bits per heavy atom. The minimum Gasteiger partial charge on any atom is -0.478 e. The predicted molar refractivity (Wildman–Crippen MR) is 77.9 cm³/mol. The molecule has 3 rings (SSSR count). The second-order valence-electron chi connectivity index (χ2n) is 4.89. The monoisotopic (exact) mass is 288 g/mol. The van der Waals surface area contributed by atoms with Crippen molar-refractivity contribution >= 4 is 33.2 Å². The second kappa shape index (κ2) is 4.42. The molecule has 0 unspecified atom stereocenters. The van der Waals surface area contributed by atoms with Gasteiger partial charge in [0, 0.05) is 11.1 Å². The van der Waals surface area contributed by atoms with Crippen molar-refractivity contribution in [2.24, 2.45) is 0 Å². The van der Waals surface area contributed by atoms with Crippen LogP contribution in [0.4, 0.5) is 0 Å². The van der Waals surface area contributed by atoms with Gasteiger partial charge >= 0.3 is 5.97 Å². The van der Waals surface area contributed by atoms with Crippen LogP contribution in [0.1, 0.15) is 35.0 Å². The van der Waals surface area contributed by atoms with Gasteiger partial charge in [0.1, 0.15) is 10.5 Å². The molecule has 3 heterocycles. The SMILES string of the molecule is CC(C)c1cc2c(=O)n3cc(C(=O)O)ccc3nc2s1. The number of aromatic carboxylic acids is 1. The summed E-state index contributed by atoms with van der Waals surface area (Å²) < 4.78 is 1.29. The van der Waals surface area contributed by atoms with Crippen LogP contribution in [0.2, 0.25) is 0 Å². The highest BCUT2D eigenvalue weighted by molar-refractivity contribution is 7.18. The summed E-state index contributed by atoms with van der Waals surface area (Å²) in [6.07, 6.45) is 1.32. The van der Waals surface area contributed by atoms with Crippen molar-refractivity contribution in [2.75, 3.05) is 0 Å². The molecule has 1 N–H and O–H groups in total. The van der Waals surface area contributed by atoms with Gasteiger partial charge in [-0.3, -0.25) is 9.20 Å². The molecule has 0 bridgehead atoms. The van der Waals surface area contributed by atoms with Crippen molar-refractivity contribution < 1.29 is 9.90 Å². The predicted octanol–water partition coefficient (Wildman–Crippen LogP) is 2.73. The van der Waals surface area contributed by atoms with Crippen LogP contribution in [0.5, 0.6) is 0 Å². The van der Waals surface area contributed by atoms with Gasteiger partial charge in [-0.05, 0) is 24.1 Å². The second-order valence-corrected chi connectivity index (χ2v) is 5.95. The lowest BCUT2D eigenvalue weighted by atomic mass is 10.2. The summed E-state index contributed by atoms with van der Waals surface area (Å²) in [5.41, 5.74) is 0.306. The Bertz CT molecular complexity index is 892. The molecule has 6 heteroatoms. The van der Waals surface area contributed by atoms with E-state index in [1.807, 2.05) is 6.07 Å². The van der Waals surface area contributed by atoms with Gasteiger partial charge in [-0.2, -0.15) is 0 Å². The molecule has 0 aliphatic rings. The Morgan fingerprint density at radius 3 is 2.80 bits per heavy atom. The molecular weight excluding hydrogens is 276 g/mol. The van der Waals surface area contributed by atoms with Crippen molar-refractivity contribution in [2.45, 2.75) is 19.8 Å². The lowest BCUT2D eigenvalue weighted by Gasteiger charge is -2.01. The quantitative estimate of drug-likeness (QED) is 0.787. The van der Waals surface area contributed by atoms with Crippen LogP contribution in [0.3, 0.4) is 0 Å². The average Bonchev–Trinajstić information content (AvgIpc) is 2.83. The van der Waals surface area contributed by atoms with Crippen molar-refractivity contribution in [1.82, 2.24) is 9.38 Å². The van der Waals surface area contributed by atoms with E-state index in [4.69, 9.17) is 5.11 Å². The first kappa shape index (κ1) is 12.8. The highest BCUT2D eigenvalue weighted by Crippen LogP contribution is 2.27. The largest absolute Gasteiger partial charge is 0.478 e. The number of pyridine rings is 1. The van der Waals surface area contributed by atoms with Crippen LogP contribution in [-0.4, -0.2) is 20.5 Å². The third-order valence-corrected chi connectivity index (χ3v) is 4.47. The number of nitrogens with zero attached hydrogens (tertiary/aromatic N) is 2. The van der Waals surface area contributed by atoms with Gasteiger partial charge in [0.05, 0.1) is 10.9 Å². The Hall–Kier alpha value is -2.21. The normalized spacial score (nSPS) is 11.6. The third-order valence-electron chi connectivity index (χ3n) is 3.14. The highest BCUT2D eigenvalue weighted by atomic mass is 32.1. The van der Waals surface area contributed by atoms with Crippen LogP contribution < -0.4 is 5.56 Å². The van der Waals surface area contributed by atoms with E-state index in [1.54, 1.807) is 6.07 Å². The molecule has 0 spiro atoms. The molecule has 0 saturated carbocycles. The lowest BCUT2D eigenvalue weighted by molar-refractivity contribution is 0.0696. The van der Waals surface area contributed by atoms with Gasteiger partial charge in [0.15, 0.2) is 0 Å². The molecule has 0 aliphatic carbocycles. The van der Waals surface area contributed by atoms with Crippen LogP contribution in [0.25, 0.3) is 15.9 Å². The average molecular weight is 288 g/mol. The van der Waals surface area contributed by atoms with Crippen LogP contribution in [0.15, 0.2) is 29.2 Å². The zero-order valence-electron chi connectivity index (χ0n) is 11.0. The fourth-order valence-electron chi connectivity index (χ4n) is 2.03. The van der Waals surface area contributed by atoms with Crippen LogP contribution >= 0.6 is 11.3 Å². The van der Waals surface area contributed by atoms with E-state index in [0.717, 1.165) is 4.88 Å². The van der Waals surface area contributed by atoms with Gasteiger partial charge in [-0.15, -0.1) is 11.3 Å². The molecule has 0 radical (unpaired) electrons. The van der Waals surface area contributed by atoms with E-state index in [-0.39, 0.29) is 11.1 Å². The van der Waals surface area contributed by atoms with Crippen molar-refractivity contribution in [3.63, 3.8) is 0 Å². The van der Waals surface area contributed by atoms with Crippen molar-refractivity contribution in [1.29, 1.82) is 0 Å². The minimum absolute atomic E-state index is 0.0695. The Morgan fingerprint density at radius 2 is 2.15 bits per heavy atom. The summed E-state index contributed by atoms with van der Waals surface area (Å²) in [4.78, 5) is 29.6. The molecule has 0 aliphatic heterocycles. The standard InChI is InChI=1S/C14H12N2O3S/c1-7(2)10-5-9-12(20-10)15-11-4-3-8(14(18)19)6-16(11)13(9)17/h3-7H,1-2H3,(H,18,19). The number of hydrogen-bond donors (Lipinski definition) is 1. The molecule has 0 saturated heterocycles. The van der Waals surface area contributed by atoms with E-state index in [1.165, 1.54) is 28.0 Å². The molecular formula is C14H12N2O3S. The molecule has 0 aromatic carbocycles. The number of aromatic nitrogens is 2. The molecule has 102 valence electrons. The summed E-state index contributed by atoms with van der Waals surface area (Å²) in [5.74, 6) is -0.733. The van der Waals surface area contributed by atoms with Gasteiger partial charge < -0.3 is 5.11 Å². The van der Waals surface area contributed by atoms with Gasteiger partial charge in [-0.1, -0.05) is 13.8 Å². The molecule has 20 heavy (non-hydrogen) atoms. The first-order chi connectivity index (χ1) is 9.47. The van der Waals surface area contributed by atoms with Crippen LogP contribution in [-0.2, 0) is 0 Å². The minimum atomic E-state index is -1.06. The number of carbonyl (C=O) groups is 1. The summed E-state index contributed by atoms with van der Waals surface area (Å²) >= 11 is 1.50. The van der Waals surface area contributed by atoms with Crippen molar-refractivity contribution in [3.05, 3.63) is 45.2 Å². The van der Waals surface area contributed by atoms with E-state index in [0.29, 0.717) is 21.8 Å². The number of hydrogen-bond acceptors (Lipinski definition) is 4. The fourth-order valence-corrected chi connectivity index (χ4v) is 3.06. The van der Waals surface area contributed by atoms with Crippen LogP contribution in [0, 0.1) is 0 Å². The van der Waals surface area contributed by atoms with Gasteiger partial charge in [0.2, 0.25) is 0 Å². The number of carboxylic acids is 1. The summed E-state index contributed by atoms with van der Waals surface area (Å²) in [6, 6.07) is 4.85. The van der Waals surface area contributed by atoms with Gasteiger partial charge in [0.25, 0.3) is 5.56 Å². The summed E-state index contributed by atoms with van der Waals surface area (Å²) in [6.45, 7) is 4.12. The maximum Gasteiger partial charge on any atom is 0.337 e. The Labute approximate surface area is 118 Å². The summed E-state index contributed by atoms with van der Waals surface area (Å²) in [7, 11) is 0. The first-order valence-corrected chi connectivity index (χ1v) is 6.98. The Kier molecular flexibility index (Phi) is 2.83. The fraction of sp³-hybridized carbons (Fsp3) is 0.214. The van der Waals surface area contributed by atoms with E-state index in [9.17, 15) is 9.59 Å². The van der Waals surface area contributed by atoms with E-state index in [2.05, 4.69) is 18.8 Å². The number of carboxylic acid groups (broad SMARTS) is 1. The molecule has 3 aromatic rings. The van der Waals surface area contributed by atoms with E-state index < -0.39 is 5.97 Å². The smallest absolute Gasteiger partial charge is 0.337 e. The third kappa shape index (κ3) is 1.89. The highest BCUT2D eigenvalue weighted by Gasteiger charge is 2.13. The van der Waals surface area contributed by atoms with Gasteiger partial charge in [-0.25, -0.2) is 9.78 Å².